The maximum Gasteiger partial charge on any atom is 0 e. The van der Waals surface area contributed by atoms with Crippen LogP contribution in [-0.2, 0) is 25.8 Å². The van der Waals surface area contributed by atoms with Crippen molar-refractivity contribution < 1.29 is 50.7 Å². The van der Waals surface area contributed by atoms with Gasteiger partial charge >= 0.3 is 0 Å². The second-order valence-corrected chi connectivity index (χ2v) is 1.15. The first-order valence-corrected chi connectivity index (χ1v) is 2.00. The molecule has 0 unspecified atom stereocenters. The fourth-order valence-electron chi connectivity index (χ4n) is 0.385. The summed E-state index contributed by atoms with van der Waals surface area (Å²) in [6, 6.07) is 12.0. The van der Waals surface area contributed by atoms with Gasteiger partial charge in [-0.15, -0.1) is 0 Å². The summed E-state index contributed by atoms with van der Waals surface area (Å²) in [7, 11) is 0. The van der Waals surface area contributed by atoms with Gasteiger partial charge in [0.05, 0.1) is 0 Å². The second kappa shape index (κ2) is 11.5. The van der Waals surface area contributed by atoms with Crippen molar-refractivity contribution in [1.82, 2.24) is 0 Å². The largest absolute Gasteiger partial charge is 1.00 e. The maximum absolute atomic E-state index is 2.00. The SMILES string of the molecule is [Cl-].[Cl-].[Hf].c1ccccc1. The summed E-state index contributed by atoms with van der Waals surface area (Å²) >= 11 is 0. The van der Waals surface area contributed by atoms with Gasteiger partial charge in [0.1, 0.15) is 0 Å². The van der Waals surface area contributed by atoms with Crippen LogP contribution in [0, 0.1) is 0 Å². The van der Waals surface area contributed by atoms with E-state index in [-0.39, 0.29) is 50.7 Å². The number of hydrogen-bond acceptors (Lipinski definition) is 0. The molecule has 1 rings (SSSR count). The van der Waals surface area contributed by atoms with E-state index in [0.29, 0.717) is 0 Å². The van der Waals surface area contributed by atoms with Crippen molar-refractivity contribution in [3.05, 3.63) is 36.4 Å². The Labute approximate surface area is 86.6 Å². The van der Waals surface area contributed by atoms with Crippen molar-refractivity contribution in [1.29, 1.82) is 0 Å². The molecular weight excluding hydrogens is 321 g/mol. The molecule has 0 fully saturated rings. The molecule has 0 saturated carbocycles. The first kappa shape index (κ1) is 16.3. The predicted octanol–water partition coefficient (Wildman–Crippen LogP) is -4.31. The van der Waals surface area contributed by atoms with E-state index < -0.39 is 0 Å². The van der Waals surface area contributed by atoms with E-state index in [4.69, 9.17) is 0 Å². The zero-order chi connectivity index (χ0) is 4.24. The molecule has 0 aliphatic rings. The topological polar surface area (TPSA) is 0 Å². The standard InChI is InChI=1S/C6H6.2ClH.Hf/c1-2-4-6-5-3-1;;;/h1-6H;2*1H;/p-2. The predicted molar refractivity (Wildman–Crippen MR) is 26.4 cm³/mol. The minimum absolute atomic E-state index is 0. The van der Waals surface area contributed by atoms with Crippen LogP contribution in [0.5, 0.6) is 0 Å². The van der Waals surface area contributed by atoms with E-state index >= 15 is 0 Å². The Bertz CT molecular complexity index is 83.0. The molecule has 3 heteroatoms. The molecule has 0 N–H and O–H groups in total. The van der Waals surface area contributed by atoms with E-state index in [1.54, 1.807) is 0 Å². The second-order valence-electron chi connectivity index (χ2n) is 1.15. The average molecular weight is 328 g/mol. The first-order valence-electron chi connectivity index (χ1n) is 2.00. The van der Waals surface area contributed by atoms with Crippen LogP contribution in [0.1, 0.15) is 0 Å². The fraction of sp³-hybridized carbons (Fsp3) is 0. The minimum atomic E-state index is 0. The Morgan fingerprint density at radius 1 is 0.444 bits per heavy atom. The number of rotatable bonds is 0. The van der Waals surface area contributed by atoms with Crippen LogP contribution in [0.2, 0.25) is 0 Å². The van der Waals surface area contributed by atoms with Crippen LogP contribution in [0.15, 0.2) is 36.4 Å². The average Bonchev–Trinajstić information content (AvgIpc) is 1.72. The molecular formula is C6H6Cl2Hf-2. The van der Waals surface area contributed by atoms with Crippen molar-refractivity contribution >= 4 is 0 Å². The smallest absolute Gasteiger partial charge is 0 e. The van der Waals surface area contributed by atoms with Gasteiger partial charge in [-0.05, 0) is 0 Å². The Morgan fingerprint density at radius 2 is 0.556 bits per heavy atom. The van der Waals surface area contributed by atoms with Crippen molar-refractivity contribution in [2.24, 2.45) is 0 Å². The third kappa shape index (κ3) is 8.67. The zero-order valence-corrected chi connectivity index (χ0v) is 9.82. The molecule has 0 nitrogen and oxygen atoms in total. The summed E-state index contributed by atoms with van der Waals surface area (Å²) in [5, 5.41) is 0. The Morgan fingerprint density at radius 3 is 0.667 bits per heavy atom. The van der Waals surface area contributed by atoms with Gasteiger partial charge < -0.3 is 24.8 Å². The van der Waals surface area contributed by atoms with E-state index in [1.807, 2.05) is 36.4 Å². The summed E-state index contributed by atoms with van der Waals surface area (Å²) in [5.74, 6) is 0. The van der Waals surface area contributed by atoms with Crippen LogP contribution < -0.4 is 24.8 Å². The van der Waals surface area contributed by atoms with Gasteiger partial charge in [0, 0.05) is 25.8 Å². The van der Waals surface area contributed by atoms with Gasteiger partial charge in [-0.3, -0.25) is 0 Å². The van der Waals surface area contributed by atoms with E-state index in [2.05, 4.69) is 0 Å². The maximum atomic E-state index is 2.00. The van der Waals surface area contributed by atoms with Crippen molar-refractivity contribution in [2.45, 2.75) is 0 Å². The normalized spacial score (nSPS) is 5.33. The fourth-order valence-corrected chi connectivity index (χ4v) is 0.385. The van der Waals surface area contributed by atoms with E-state index in [9.17, 15) is 0 Å². The van der Waals surface area contributed by atoms with E-state index in [1.165, 1.54) is 0 Å². The van der Waals surface area contributed by atoms with Crippen LogP contribution in [0.3, 0.4) is 0 Å². The summed E-state index contributed by atoms with van der Waals surface area (Å²) < 4.78 is 0. The molecule has 0 aromatic heterocycles. The van der Waals surface area contributed by atoms with E-state index in [0.717, 1.165) is 0 Å². The molecule has 50 valence electrons. The molecule has 1 aromatic carbocycles. The van der Waals surface area contributed by atoms with Crippen molar-refractivity contribution in [3.8, 4) is 0 Å². The molecule has 0 aliphatic heterocycles. The first-order chi connectivity index (χ1) is 3.00. The Kier molecular flexibility index (Phi) is 20.8. The third-order valence-electron chi connectivity index (χ3n) is 0.667. The number of halogens is 2. The molecule has 0 aliphatic carbocycles. The van der Waals surface area contributed by atoms with Gasteiger partial charge in [0.2, 0.25) is 0 Å². The Hall–Kier alpha value is 0.670. The summed E-state index contributed by atoms with van der Waals surface area (Å²) in [6.45, 7) is 0. The van der Waals surface area contributed by atoms with Crippen LogP contribution in [0.25, 0.3) is 0 Å². The molecule has 0 bridgehead atoms. The van der Waals surface area contributed by atoms with Gasteiger partial charge in [-0.2, -0.15) is 0 Å². The summed E-state index contributed by atoms with van der Waals surface area (Å²) in [5.41, 5.74) is 0. The summed E-state index contributed by atoms with van der Waals surface area (Å²) in [6.07, 6.45) is 0. The molecule has 0 atom stereocenters. The van der Waals surface area contributed by atoms with Crippen molar-refractivity contribution in [3.63, 3.8) is 0 Å². The van der Waals surface area contributed by atoms with Crippen LogP contribution in [-0.4, -0.2) is 0 Å². The van der Waals surface area contributed by atoms with Crippen LogP contribution in [0.4, 0.5) is 0 Å². The Balaban J connectivity index is -0.000000120. The number of hydrogen-bond donors (Lipinski definition) is 0. The van der Waals surface area contributed by atoms with Crippen LogP contribution >= 0.6 is 0 Å². The zero-order valence-electron chi connectivity index (χ0n) is 4.72. The molecule has 0 saturated heterocycles. The third-order valence-corrected chi connectivity index (χ3v) is 0.667. The molecule has 9 heavy (non-hydrogen) atoms. The number of benzene rings is 1. The monoisotopic (exact) mass is 328 g/mol. The van der Waals surface area contributed by atoms with Gasteiger partial charge in [0.25, 0.3) is 0 Å². The molecule has 0 radical (unpaired) electrons. The van der Waals surface area contributed by atoms with Gasteiger partial charge in [-0.1, -0.05) is 36.4 Å². The van der Waals surface area contributed by atoms with Crippen molar-refractivity contribution in [2.75, 3.05) is 0 Å². The molecule has 1 aromatic rings. The van der Waals surface area contributed by atoms with Gasteiger partial charge in [-0.25, -0.2) is 0 Å². The molecule has 0 heterocycles. The minimum Gasteiger partial charge on any atom is -1.00 e. The molecule has 0 amide bonds. The van der Waals surface area contributed by atoms with Gasteiger partial charge in [0.15, 0.2) is 0 Å². The quantitative estimate of drug-likeness (QED) is 0.423. The summed E-state index contributed by atoms with van der Waals surface area (Å²) in [4.78, 5) is 0. The molecule has 0 spiro atoms.